The van der Waals surface area contributed by atoms with E-state index in [4.69, 9.17) is 5.11 Å². The fraction of sp³-hybridized carbons (Fsp3) is 0.455. The quantitative estimate of drug-likeness (QED) is 0.600. The highest BCUT2D eigenvalue weighted by atomic mass is 127. The molecule has 0 aromatic carbocycles. The topological polar surface area (TPSA) is 66.4 Å². The lowest BCUT2D eigenvalue weighted by Gasteiger charge is -2.06. The number of nitrogens with one attached hydrogen (secondary N) is 1. The molecule has 1 aromatic rings. The summed E-state index contributed by atoms with van der Waals surface area (Å²) >= 11 is 3.70. The van der Waals surface area contributed by atoms with Crippen LogP contribution in [0, 0.1) is 8.80 Å². The summed E-state index contributed by atoms with van der Waals surface area (Å²) in [6.07, 6.45) is 1.26. The van der Waals surface area contributed by atoms with Gasteiger partial charge in [0.25, 0.3) is 5.91 Å². The van der Waals surface area contributed by atoms with Gasteiger partial charge < -0.3 is 10.4 Å². The molecular formula is C11H14INO3S. The van der Waals surface area contributed by atoms with Crippen molar-refractivity contribution in [2.75, 3.05) is 6.54 Å². The molecule has 0 bridgehead atoms. The minimum absolute atomic E-state index is 0.0906. The Morgan fingerprint density at radius 3 is 2.82 bits per heavy atom. The van der Waals surface area contributed by atoms with E-state index in [1.807, 2.05) is 11.4 Å². The van der Waals surface area contributed by atoms with Gasteiger partial charge in [-0.3, -0.25) is 9.59 Å². The predicted molar refractivity (Wildman–Crippen MR) is 75.4 cm³/mol. The van der Waals surface area contributed by atoms with Gasteiger partial charge in [-0.25, -0.2) is 0 Å². The third-order valence-electron chi connectivity index (χ3n) is 2.35. The molecule has 0 fully saturated rings. The molecule has 4 nitrogen and oxygen atoms in total. The van der Waals surface area contributed by atoms with Crippen LogP contribution in [-0.4, -0.2) is 23.5 Å². The molecule has 17 heavy (non-hydrogen) atoms. The zero-order chi connectivity index (χ0) is 12.8. The molecule has 0 saturated heterocycles. The number of carboxylic acid groups (broad SMARTS) is 1. The Morgan fingerprint density at radius 2 is 2.29 bits per heavy atom. The average molecular weight is 367 g/mol. The zero-order valence-corrected chi connectivity index (χ0v) is 12.4. The van der Waals surface area contributed by atoms with Crippen LogP contribution in [0.25, 0.3) is 0 Å². The van der Waals surface area contributed by atoms with Gasteiger partial charge in [0.15, 0.2) is 0 Å². The summed E-state index contributed by atoms with van der Waals surface area (Å²) in [7, 11) is 0. The number of thiophene rings is 1. The number of halogens is 1. The Balaban J connectivity index is 2.23. The zero-order valence-electron chi connectivity index (χ0n) is 9.40. The number of rotatable bonds is 6. The van der Waals surface area contributed by atoms with Crippen LogP contribution in [0.5, 0.6) is 0 Å². The third kappa shape index (κ3) is 5.03. The molecule has 0 saturated carbocycles. The molecule has 2 N–H and O–H groups in total. The summed E-state index contributed by atoms with van der Waals surface area (Å²) in [6.45, 7) is 2.19. The van der Waals surface area contributed by atoms with E-state index in [0.717, 1.165) is 2.88 Å². The Morgan fingerprint density at radius 1 is 1.59 bits per heavy atom. The first kappa shape index (κ1) is 14.4. The second-order valence-corrected chi connectivity index (χ2v) is 6.58. The van der Waals surface area contributed by atoms with Gasteiger partial charge in [0, 0.05) is 11.9 Å². The first-order chi connectivity index (χ1) is 8.00. The van der Waals surface area contributed by atoms with Gasteiger partial charge in [0.05, 0.1) is 14.4 Å². The van der Waals surface area contributed by atoms with Crippen LogP contribution < -0.4 is 5.32 Å². The highest BCUT2D eigenvalue weighted by Crippen LogP contribution is 2.16. The molecule has 0 aliphatic carbocycles. The van der Waals surface area contributed by atoms with E-state index >= 15 is 0 Å². The molecule has 0 aliphatic heterocycles. The Labute approximate surface area is 118 Å². The molecule has 94 valence electrons. The van der Waals surface area contributed by atoms with Crippen molar-refractivity contribution in [1.82, 2.24) is 5.32 Å². The summed E-state index contributed by atoms with van der Waals surface area (Å²) in [4.78, 5) is 22.2. The Kier molecular flexibility index (Phi) is 5.90. The van der Waals surface area contributed by atoms with E-state index in [2.05, 4.69) is 27.9 Å². The number of carbonyl (C=O) groups is 2. The standard InChI is InChI=1S/C11H14INO3S/c1-7(11(15)16)3-2-4-13-10(14)8-5-9(12)17-6-8/h5-7H,2-4H2,1H3,(H,13,14)(H,15,16). The molecule has 0 aliphatic rings. The molecule has 1 rings (SSSR count). The van der Waals surface area contributed by atoms with Crippen molar-refractivity contribution in [3.8, 4) is 0 Å². The van der Waals surface area contributed by atoms with Crippen LogP contribution in [-0.2, 0) is 4.79 Å². The van der Waals surface area contributed by atoms with Gasteiger partial charge in [0.1, 0.15) is 0 Å². The molecule has 1 heterocycles. The number of hydrogen-bond donors (Lipinski definition) is 2. The Hall–Kier alpha value is -0.630. The van der Waals surface area contributed by atoms with Crippen LogP contribution in [0.1, 0.15) is 30.1 Å². The summed E-state index contributed by atoms with van der Waals surface area (Å²) in [5.74, 6) is -1.23. The number of hydrogen-bond acceptors (Lipinski definition) is 3. The van der Waals surface area contributed by atoms with Gasteiger partial charge in [-0.2, -0.15) is 0 Å². The molecule has 6 heteroatoms. The highest BCUT2D eigenvalue weighted by Gasteiger charge is 2.11. The molecule has 1 aromatic heterocycles. The fourth-order valence-electron chi connectivity index (χ4n) is 1.26. The normalized spacial score (nSPS) is 12.1. The van der Waals surface area contributed by atoms with Crippen LogP contribution in [0.2, 0.25) is 0 Å². The lowest BCUT2D eigenvalue weighted by Crippen LogP contribution is -2.24. The van der Waals surface area contributed by atoms with Crippen molar-refractivity contribution in [3.63, 3.8) is 0 Å². The molecule has 0 radical (unpaired) electrons. The van der Waals surface area contributed by atoms with E-state index in [-0.39, 0.29) is 11.8 Å². The maximum absolute atomic E-state index is 11.6. The molecule has 1 amide bonds. The Bertz CT molecular complexity index is 405. The highest BCUT2D eigenvalue weighted by molar-refractivity contribution is 14.1. The van der Waals surface area contributed by atoms with E-state index in [9.17, 15) is 9.59 Å². The number of carboxylic acids is 1. The van der Waals surface area contributed by atoms with Crippen LogP contribution >= 0.6 is 33.9 Å². The smallest absolute Gasteiger partial charge is 0.306 e. The molecule has 1 unspecified atom stereocenters. The lowest BCUT2D eigenvalue weighted by atomic mass is 10.1. The number of carbonyl (C=O) groups excluding carboxylic acids is 1. The van der Waals surface area contributed by atoms with Crippen molar-refractivity contribution < 1.29 is 14.7 Å². The van der Waals surface area contributed by atoms with Gasteiger partial charge in [-0.15, -0.1) is 11.3 Å². The van der Waals surface area contributed by atoms with Crippen molar-refractivity contribution in [2.45, 2.75) is 19.8 Å². The van der Waals surface area contributed by atoms with Gasteiger partial charge in [-0.05, 0) is 41.5 Å². The van der Waals surface area contributed by atoms with Crippen molar-refractivity contribution in [2.24, 2.45) is 5.92 Å². The van der Waals surface area contributed by atoms with Gasteiger partial charge in [-0.1, -0.05) is 6.92 Å². The van der Waals surface area contributed by atoms with E-state index in [1.165, 1.54) is 11.3 Å². The van der Waals surface area contributed by atoms with E-state index in [1.54, 1.807) is 6.92 Å². The monoisotopic (exact) mass is 367 g/mol. The summed E-state index contributed by atoms with van der Waals surface area (Å²) in [5.41, 5.74) is 0.672. The van der Waals surface area contributed by atoms with E-state index in [0.29, 0.717) is 24.9 Å². The fourth-order valence-corrected chi connectivity index (χ4v) is 2.59. The number of aliphatic carboxylic acids is 1. The SMILES string of the molecule is CC(CCCNC(=O)c1csc(I)c1)C(=O)O. The van der Waals surface area contributed by atoms with Crippen molar-refractivity contribution in [3.05, 3.63) is 19.9 Å². The molecule has 1 atom stereocenters. The van der Waals surface area contributed by atoms with E-state index < -0.39 is 5.97 Å². The molecular weight excluding hydrogens is 353 g/mol. The largest absolute Gasteiger partial charge is 0.481 e. The number of amides is 1. The lowest BCUT2D eigenvalue weighted by molar-refractivity contribution is -0.141. The summed E-state index contributed by atoms with van der Waals surface area (Å²) in [6, 6.07) is 1.83. The first-order valence-corrected chi connectivity index (χ1v) is 7.21. The second-order valence-electron chi connectivity index (χ2n) is 3.78. The summed E-state index contributed by atoms with van der Waals surface area (Å²) in [5, 5.41) is 13.3. The van der Waals surface area contributed by atoms with Crippen LogP contribution in [0.3, 0.4) is 0 Å². The van der Waals surface area contributed by atoms with Crippen LogP contribution in [0.15, 0.2) is 11.4 Å². The van der Waals surface area contributed by atoms with Crippen LogP contribution in [0.4, 0.5) is 0 Å². The third-order valence-corrected chi connectivity index (χ3v) is 4.14. The summed E-state index contributed by atoms with van der Waals surface area (Å²) < 4.78 is 1.08. The maximum atomic E-state index is 11.6. The average Bonchev–Trinajstić information content (AvgIpc) is 2.70. The minimum Gasteiger partial charge on any atom is -0.481 e. The predicted octanol–water partition coefficient (Wildman–Crippen LogP) is 2.58. The molecule has 0 spiro atoms. The maximum Gasteiger partial charge on any atom is 0.306 e. The van der Waals surface area contributed by atoms with Crippen molar-refractivity contribution >= 4 is 45.8 Å². The van der Waals surface area contributed by atoms with Gasteiger partial charge in [0.2, 0.25) is 0 Å². The minimum atomic E-state index is -0.788. The van der Waals surface area contributed by atoms with Gasteiger partial charge >= 0.3 is 5.97 Å². The first-order valence-electron chi connectivity index (χ1n) is 5.25. The van der Waals surface area contributed by atoms with Crippen molar-refractivity contribution in [1.29, 1.82) is 0 Å². The second kappa shape index (κ2) is 6.95.